The van der Waals surface area contributed by atoms with Crippen molar-refractivity contribution >= 4 is 10.0 Å². The summed E-state index contributed by atoms with van der Waals surface area (Å²) in [5.41, 5.74) is 0.0273. The van der Waals surface area contributed by atoms with Gasteiger partial charge in [0.1, 0.15) is 16.4 Å². The van der Waals surface area contributed by atoms with Gasteiger partial charge in [-0.25, -0.2) is 31.1 Å². The molecule has 5 nitrogen and oxygen atoms in total. The van der Waals surface area contributed by atoms with Gasteiger partial charge in [0.2, 0.25) is 10.0 Å². The van der Waals surface area contributed by atoms with Crippen molar-refractivity contribution in [3.8, 4) is 22.4 Å². The zero-order valence-electron chi connectivity index (χ0n) is 12.8. The minimum Gasteiger partial charge on any atom is -0.357 e. The number of sulfonamides is 1. The Balaban J connectivity index is 2.20. The molecule has 0 aliphatic rings. The SMILES string of the molecule is NS(=O)(=O)c1ccc(-c2c(-c3ccc(F)c(F)c3)noc2CF)cc1F. The van der Waals surface area contributed by atoms with Crippen molar-refractivity contribution < 1.29 is 30.5 Å². The van der Waals surface area contributed by atoms with Crippen LogP contribution in [-0.4, -0.2) is 13.6 Å². The Morgan fingerprint density at radius 3 is 2.19 bits per heavy atom. The first kappa shape index (κ1) is 18.1. The maximum Gasteiger partial charge on any atom is 0.240 e. The van der Waals surface area contributed by atoms with Crippen LogP contribution in [0.4, 0.5) is 17.6 Å². The van der Waals surface area contributed by atoms with Gasteiger partial charge >= 0.3 is 0 Å². The van der Waals surface area contributed by atoms with E-state index in [-0.39, 0.29) is 28.1 Å². The largest absolute Gasteiger partial charge is 0.357 e. The monoisotopic (exact) mass is 386 g/mol. The third-order valence-corrected chi connectivity index (χ3v) is 4.55. The fourth-order valence-electron chi connectivity index (χ4n) is 2.44. The number of benzene rings is 2. The van der Waals surface area contributed by atoms with E-state index in [1.807, 2.05) is 0 Å². The van der Waals surface area contributed by atoms with E-state index in [9.17, 15) is 26.0 Å². The van der Waals surface area contributed by atoms with E-state index in [2.05, 4.69) is 5.16 Å². The van der Waals surface area contributed by atoms with Gasteiger partial charge in [-0.3, -0.25) is 0 Å². The lowest BCUT2D eigenvalue weighted by atomic mass is 9.99. The standard InChI is InChI=1S/C16H10F4N2O3S/c17-7-13-15(8-2-4-14(12(20)5-8)26(21,23)24)16(22-25-13)9-1-3-10(18)11(19)6-9/h1-6H,7H2,(H2,21,23,24). The summed E-state index contributed by atoms with van der Waals surface area (Å²) >= 11 is 0. The molecule has 0 radical (unpaired) electrons. The lowest BCUT2D eigenvalue weighted by molar-refractivity contribution is 0.332. The van der Waals surface area contributed by atoms with Crippen LogP contribution in [0.5, 0.6) is 0 Å². The highest BCUT2D eigenvalue weighted by Gasteiger charge is 2.23. The minimum absolute atomic E-state index is 0.0154. The number of rotatable bonds is 4. The normalized spacial score (nSPS) is 11.7. The molecule has 0 aliphatic carbocycles. The molecule has 136 valence electrons. The highest BCUT2D eigenvalue weighted by atomic mass is 32.2. The van der Waals surface area contributed by atoms with Crippen molar-refractivity contribution in [1.82, 2.24) is 5.16 Å². The molecule has 2 N–H and O–H groups in total. The Morgan fingerprint density at radius 2 is 1.62 bits per heavy atom. The summed E-state index contributed by atoms with van der Waals surface area (Å²) in [6.45, 7) is -1.11. The highest BCUT2D eigenvalue weighted by Crippen LogP contribution is 2.36. The molecule has 1 aromatic heterocycles. The molecule has 0 fully saturated rings. The third-order valence-electron chi connectivity index (χ3n) is 3.60. The number of halogens is 4. The van der Waals surface area contributed by atoms with Crippen molar-refractivity contribution in [1.29, 1.82) is 0 Å². The van der Waals surface area contributed by atoms with Crippen LogP contribution in [0.25, 0.3) is 22.4 Å². The molecule has 2 aromatic carbocycles. The number of nitrogens with zero attached hydrogens (tertiary/aromatic N) is 1. The number of nitrogens with two attached hydrogens (primary N) is 1. The van der Waals surface area contributed by atoms with Crippen molar-refractivity contribution in [3.05, 3.63) is 59.6 Å². The molecule has 3 aromatic rings. The van der Waals surface area contributed by atoms with E-state index in [4.69, 9.17) is 9.66 Å². The van der Waals surface area contributed by atoms with E-state index in [1.54, 1.807) is 0 Å². The predicted octanol–water partition coefficient (Wildman–Crippen LogP) is 3.54. The smallest absolute Gasteiger partial charge is 0.240 e. The Bertz CT molecular complexity index is 1100. The maximum absolute atomic E-state index is 14.1. The van der Waals surface area contributed by atoms with Crippen molar-refractivity contribution in [2.24, 2.45) is 5.14 Å². The highest BCUT2D eigenvalue weighted by molar-refractivity contribution is 7.89. The lowest BCUT2D eigenvalue weighted by Crippen LogP contribution is -2.14. The molecular formula is C16H10F4N2O3S. The molecule has 0 amide bonds. The first-order valence-corrected chi connectivity index (χ1v) is 8.59. The number of hydrogen-bond donors (Lipinski definition) is 1. The number of primary sulfonamides is 1. The number of aromatic nitrogens is 1. The molecule has 0 atom stereocenters. The van der Waals surface area contributed by atoms with Crippen molar-refractivity contribution in [2.75, 3.05) is 0 Å². The molecule has 0 saturated heterocycles. The maximum atomic E-state index is 14.1. The molecule has 0 spiro atoms. The van der Waals surface area contributed by atoms with Gasteiger partial charge in [-0.2, -0.15) is 0 Å². The molecular weight excluding hydrogens is 376 g/mol. The minimum atomic E-state index is -4.29. The van der Waals surface area contributed by atoms with Crippen LogP contribution in [0.2, 0.25) is 0 Å². The van der Waals surface area contributed by atoms with Gasteiger partial charge in [0.15, 0.2) is 24.1 Å². The summed E-state index contributed by atoms with van der Waals surface area (Å²) in [6, 6.07) is 5.77. The Kier molecular flexibility index (Phi) is 4.55. The quantitative estimate of drug-likeness (QED) is 0.695. The fraction of sp³-hybridized carbons (Fsp3) is 0.0625. The van der Waals surface area contributed by atoms with E-state index in [0.29, 0.717) is 0 Å². The van der Waals surface area contributed by atoms with Crippen LogP contribution in [-0.2, 0) is 16.7 Å². The van der Waals surface area contributed by atoms with E-state index in [0.717, 1.165) is 24.3 Å². The summed E-state index contributed by atoms with van der Waals surface area (Å²) in [7, 11) is -4.29. The van der Waals surface area contributed by atoms with Gasteiger partial charge in [0.25, 0.3) is 0 Å². The Morgan fingerprint density at radius 1 is 0.962 bits per heavy atom. The predicted molar refractivity (Wildman–Crippen MR) is 83.4 cm³/mol. The van der Waals surface area contributed by atoms with Crippen LogP contribution >= 0.6 is 0 Å². The molecule has 3 rings (SSSR count). The Labute approximate surface area is 145 Å². The molecule has 0 bridgehead atoms. The first-order chi connectivity index (χ1) is 12.2. The van der Waals surface area contributed by atoms with Gasteiger partial charge in [0, 0.05) is 5.56 Å². The summed E-state index contributed by atoms with van der Waals surface area (Å²) in [4.78, 5) is -0.742. The summed E-state index contributed by atoms with van der Waals surface area (Å²) in [5, 5.41) is 8.53. The summed E-state index contributed by atoms with van der Waals surface area (Å²) in [5.74, 6) is -3.69. The van der Waals surface area contributed by atoms with Crippen molar-refractivity contribution in [2.45, 2.75) is 11.6 Å². The second kappa shape index (κ2) is 6.54. The van der Waals surface area contributed by atoms with E-state index >= 15 is 0 Å². The first-order valence-electron chi connectivity index (χ1n) is 7.05. The summed E-state index contributed by atoms with van der Waals surface area (Å²) in [6.07, 6.45) is 0. The lowest BCUT2D eigenvalue weighted by Gasteiger charge is -2.06. The van der Waals surface area contributed by atoms with Gasteiger partial charge in [0.05, 0.1) is 5.56 Å². The average molecular weight is 386 g/mol. The zero-order chi connectivity index (χ0) is 19.1. The number of alkyl halides is 1. The second-order valence-electron chi connectivity index (χ2n) is 5.28. The molecule has 26 heavy (non-hydrogen) atoms. The second-order valence-corrected chi connectivity index (χ2v) is 6.81. The van der Waals surface area contributed by atoms with Gasteiger partial charge in [-0.15, -0.1) is 0 Å². The van der Waals surface area contributed by atoms with Crippen LogP contribution in [0, 0.1) is 17.5 Å². The van der Waals surface area contributed by atoms with E-state index < -0.39 is 39.0 Å². The van der Waals surface area contributed by atoms with Crippen LogP contribution in [0.15, 0.2) is 45.8 Å². The fourth-order valence-corrected chi connectivity index (χ4v) is 3.03. The molecule has 0 unspecified atom stereocenters. The number of hydrogen-bond acceptors (Lipinski definition) is 4. The van der Waals surface area contributed by atoms with Crippen LogP contribution in [0.1, 0.15) is 5.76 Å². The zero-order valence-corrected chi connectivity index (χ0v) is 13.7. The molecule has 0 aliphatic heterocycles. The third kappa shape index (κ3) is 3.20. The van der Waals surface area contributed by atoms with Gasteiger partial charge in [-0.1, -0.05) is 11.2 Å². The topological polar surface area (TPSA) is 86.2 Å². The molecule has 1 heterocycles. The molecule has 0 saturated carbocycles. The van der Waals surface area contributed by atoms with Gasteiger partial charge in [-0.05, 0) is 35.9 Å². The van der Waals surface area contributed by atoms with Crippen LogP contribution in [0.3, 0.4) is 0 Å². The average Bonchev–Trinajstić information content (AvgIpc) is 3.00. The van der Waals surface area contributed by atoms with Crippen molar-refractivity contribution in [3.63, 3.8) is 0 Å². The Hall–Kier alpha value is -2.72. The summed E-state index contributed by atoms with van der Waals surface area (Å²) < 4.78 is 81.4. The van der Waals surface area contributed by atoms with Crippen LogP contribution < -0.4 is 5.14 Å². The van der Waals surface area contributed by atoms with E-state index in [1.165, 1.54) is 12.1 Å². The van der Waals surface area contributed by atoms with Gasteiger partial charge < -0.3 is 4.52 Å². The molecule has 10 heteroatoms.